The van der Waals surface area contributed by atoms with Crippen molar-refractivity contribution in [3.63, 3.8) is 0 Å². The van der Waals surface area contributed by atoms with Gasteiger partial charge in [0.05, 0.1) is 23.2 Å². The van der Waals surface area contributed by atoms with Crippen molar-refractivity contribution < 1.29 is 9.53 Å². The number of nitrogens with zero attached hydrogens (tertiary/aromatic N) is 2. The molecule has 2 heterocycles. The first-order chi connectivity index (χ1) is 11.6. The normalized spacial score (nSPS) is 11.2. The van der Waals surface area contributed by atoms with Gasteiger partial charge in [-0.25, -0.2) is 0 Å². The Balaban J connectivity index is 2.07. The summed E-state index contributed by atoms with van der Waals surface area (Å²) in [6.45, 7) is 4.32. The summed E-state index contributed by atoms with van der Waals surface area (Å²) in [7, 11) is 0. The van der Waals surface area contributed by atoms with Crippen LogP contribution < -0.4 is 5.56 Å². The van der Waals surface area contributed by atoms with Crippen molar-refractivity contribution in [2.45, 2.75) is 39.5 Å². The largest absolute Gasteiger partial charge is 0.466 e. The summed E-state index contributed by atoms with van der Waals surface area (Å²) in [6.07, 6.45) is 3.21. The third-order valence-corrected chi connectivity index (χ3v) is 4.88. The van der Waals surface area contributed by atoms with Crippen LogP contribution in [-0.2, 0) is 22.4 Å². The molecule has 24 heavy (non-hydrogen) atoms. The molecule has 0 radical (unpaired) electrons. The second-order valence-corrected chi connectivity index (χ2v) is 6.70. The fraction of sp³-hybridized carbons (Fsp3) is 0.389. The van der Waals surface area contributed by atoms with Crippen molar-refractivity contribution in [1.82, 2.24) is 9.38 Å². The van der Waals surface area contributed by atoms with E-state index in [1.807, 2.05) is 18.2 Å². The van der Waals surface area contributed by atoms with E-state index in [4.69, 9.17) is 4.74 Å². The van der Waals surface area contributed by atoms with Crippen molar-refractivity contribution >= 4 is 32.5 Å². The molecule has 0 saturated carbocycles. The number of aryl methyl sites for hydroxylation is 1. The lowest BCUT2D eigenvalue weighted by Gasteiger charge is -2.06. The minimum Gasteiger partial charge on any atom is -0.466 e. The van der Waals surface area contributed by atoms with E-state index in [1.165, 1.54) is 11.3 Å². The number of aromatic nitrogens is 2. The lowest BCUT2D eigenvalue weighted by molar-refractivity contribution is -0.142. The average molecular weight is 344 g/mol. The van der Waals surface area contributed by atoms with Crippen LogP contribution in [-0.4, -0.2) is 22.0 Å². The van der Waals surface area contributed by atoms with Gasteiger partial charge in [-0.2, -0.15) is 4.98 Å². The fourth-order valence-electron chi connectivity index (χ4n) is 2.79. The smallest absolute Gasteiger partial charge is 0.310 e. The zero-order valence-corrected chi connectivity index (χ0v) is 14.7. The molecule has 0 unspecified atom stereocenters. The Morgan fingerprint density at radius 1 is 1.29 bits per heavy atom. The van der Waals surface area contributed by atoms with Crippen LogP contribution in [0.15, 0.2) is 29.1 Å². The third kappa shape index (κ3) is 3.33. The molecule has 0 N–H and O–H groups in total. The Kier molecular flexibility index (Phi) is 4.94. The Morgan fingerprint density at radius 3 is 2.88 bits per heavy atom. The molecule has 0 spiro atoms. The van der Waals surface area contributed by atoms with Gasteiger partial charge >= 0.3 is 5.97 Å². The van der Waals surface area contributed by atoms with E-state index in [0.717, 1.165) is 40.7 Å². The first-order valence-electron chi connectivity index (χ1n) is 8.22. The summed E-state index contributed by atoms with van der Waals surface area (Å²) in [5.41, 5.74) is 2.74. The van der Waals surface area contributed by atoms with Crippen LogP contribution >= 0.6 is 11.3 Å². The van der Waals surface area contributed by atoms with Gasteiger partial charge in [-0.15, -0.1) is 0 Å². The quantitative estimate of drug-likeness (QED) is 0.643. The van der Waals surface area contributed by atoms with Crippen molar-refractivity contribution in [1.29, 1.82) is 0 Å². The maximum absolute atomic E-state index is 11.8. The molecule has 0 bridgehead atoms. The highest BCUT2D eigenvalue weighted by molar-refractivity contribution is 7.23. The standard InChI is InChI=1S/C18H20N2O3S/c1-3-5-6-13-11-16(21)19-18-20(13)14-8-7-12(9-15(14)24-18)10-17(22)23-4-2/h7-9,11H,3-6,10H2,1-2H3. The lowest BCUT2D eigenvalue weighted by Crippen LogP contribution is -2.10. The second kappa shape index (κ2) is 7.13. The number of benzene rings is 1. The molecule has 6 heteroatoms. The second-order valence-electron chi connectivity index (χ2n) is 5.69. The van der Waals surface area contributed by atoms with Crippen molar-refractivity contribution in [2.75, 3.05) is 6.61 Å². The van der Waals surface area contributed by atoms with Crippen LogP contribution in [0.1, 0.15) is 37.9 Å². The molecule has 5 nitrogen and oxygen atoms in total. The number of hydrogen-bond donors (Lipinski definition) is 0. The number of ether oxygens (including phenoxy) is 1. The highest BCUT2D eigenvalue weighted by atomic mass is 32.1. The summed E-state index contributed by atoms with van der Waals surface area (Å²) in [4.78, 5) is 28.4. The Hall–Kier alpha value is -2.21. The topological polar surface area (TPSA) is 60.7 Å². The molecular weight excluding hydrogens is 324 g/mol. The SMILES string of the molecule is CCCCc1cc(=O)nc2sc3cc(CC(=O)OCC)ccc3n12. The van der Waals surface area contributed by atoms with E-state index in [0.29, 0.717) is 11.6 Å². The zero-order chi connectivity index (χ0) is 17.1. The number of hydrogen-bond acceptors (Lipinski definition) is 5. The number of esters is 1. The van der Waals surface area contributed by atoms with Gasteiger partial charge in [0.15, 0.2) is 4.96 Å². The molecule has 0 atom stereocenters. The molecule has 1 aromatic carbocycles. The van der Waals surface area contributed by atoms with E-state index in [1.54, 1.807) is 13.0 Å². The highest BCUT2D eigenvalue weighted by Gasteiger charge is 2.12. The molecular formula is C18H20N2O3S. The van der Waals surface area contributed by atoms with Crippen LogP contribution in [0.25, 0.3) is 15.2 Å². The molecule has 3 rings (SSSR count). The minimum atomic E-state index is -0.228. The van der Waals surface area contributed by atoms with Crippen molar-refractivity contribution in [3.8, 4) is 0 Å². The predicted molar refractivity (Wildman–Crippen MR) is 95.8 cm³/mol. The van der Waals surface area contributed by atoms with Crippen LogP contribution in [0, 0.1) is 0 Å². The Bertz CT molecular complexity index is 942. The first kappa shape index (κ1) is 16.6. The Labute approximate surface area is 143 Å². The molecule has 126 valence electrons. The molecule has 2 aromatic heterocycles. The van der Waals surface area contributed by atoms with Crippen LogP contribution in [0.3, 0.4) is 0 Å². The van der Waals surface area contributed by atoms with Crippen LogP contribution in [0.2, 0.25) is 0 Å². The molecule has 0 aliphatic rings. The highest BCUT2D eigenvalue weighted by Crippen LogP contribution is 2.27. The van der Waals surface area contributed by atoms with Gasteiger partial charge in [0.25, 0.3) is 5.56 Å². The number of unbranched alkanes of at least 4 members (excludes halogenated alkanes) is 1. The van der Waals surface area contributed by atoms with Gasteiger partial charge in [-0.1, -0.05) is 30.7 Å². The lowest BCUT2D eigenvalue weighted by atomic mass is 10.1. The van der Waals surface area contributed by atoms with E-state index in [-0.39, 0.29) is 17.9 Å². The summed E-state index contributed by atoms with van der Waals surface area (Å²) in [5, 5.41) is 0. The van der Waals surface area contributed by atoms with Gasteiger partial charge in [0.1, 0.15) is 0 Å². The first-order valence-corrected chi connectivity index (χ1v) is 9.03. The van der Waals surface area contributed by atoms with Crippen LogP contribution in [0.5, 0.6) is 0 Å². The molecule has 0 fully saturated rings. The van der Waals surface area contributed by atoms with E-state index < -0.39 is 0 Å². The minimum absolute atomic E-state index is 0.195. The van der Waals surface area contributed by atoms with Gasteiger partial charge in [0.2, 0.25) is 0 Å². The number of carbonyl (C=O) groups is 1. The average Bonchev–Trinajstić information content (AvgIpc) is 2.89. The summed E-state index contributed by atoms with van der Waals surface area (Å²) in [6, 6.07) is 7.54. The molecule has 0 amide bonds. The predicted octanol–water partition coefficient (Wildman–Crippen LogP) is 3.36. The summed E-state index contributed by atoms with van der Waals surface area (Å²) < 4.78 is 8.08. The summed E-state index contributed by atoms with van der Waals surface area (Å²) >= 11 is 1.48. The number of fused-ring (bicyclic) bond motifs is 3. The van der Waals surface area contributed by atoms with Crippen LogP contribution in [0.4, 0.5) is 0 Å². The van der Waals surface area contributed by atoms with Crippen molar-refractivity contribution in [2.24, 2.45) is 0 Å². The maximum Gasteiger partial charge on any atom is 0.310 e. The van der Waals surface area contributed by atoms with Gasteiger partial charge in [-0.05, 0) is 37.5 Å². The third-order valence-electron chi connectivity index (χ3n) is 3.88. The van der Waals surface area contributed by atoms with E-state index in [9.17, 15) is 9.59 Å². The Morgan fingerprint density at radius 2 is 2.12 bits per heavy atom. The number of rotatable bonds is 6. The number of thiazole rings is 1. The van der Waals surface area contributed by atoms with Crippen molar-refractivity contribution in [3.05, 3.63) is 45.9 Å². The molecule has 3 aromatic rings. The van der Waals surface area contributed by atoms with Gasteiger partial charge in [0, 0.05) is 11.8 Å². The maximum atomic E-state index is 11.8. The molecule has 0 saturated heterocycles. The van der Waals surface area contributed by atoms with Gasteiger partial charge in [-0.3, -0.25) is 14.0 Å². The molecule has 0 aliphatic heterocycles. The van der Waals surface area contributed by atoms with E-state index in [2.05, 4.69) is 16.3 Å². The van der Waals surface area contributed by atoms with E-state index >= 15 is 0 Å². The fourth-order valence-corrected chi connectivity index (χ4v) is 3.90. The number of carbonyl (C=O) groups excluding carboxylic acids is 1. The zero-order valence-electron chi connectivity index (χ0n) is 13.9. The summed E-state index contributed by atoms with van der Waals surface area (Å²) in [5.74, 6) is -0.228. The van der Waals surface area contributed by atoms with Gasteiger partial charge < -0.3 is 4.74 Å². The monoisotopic (exact) mass is 344 g/mol. The molecule has 0 aliphatic carbocycles.